The Kier molecular flexibility index (Phi) is 50.5. The maximum absolute atomic E-state index is 13.0. The SMILES string of the molecule is CC(C)(C)C(C)(C)C(C)(C)C.CC(C)(C)C(C)(C)C(C)(C)C(F)(F)F.CC(C)C(C)(C)C(C)(C)C.CC(C)[C@@H](C)C(C)(C)C.CC1CCC(C(F)(F)F)(C(F)(F)F)CC1.CC1CCC(C(F)(F)F)CC1.CC1CCC2(CC1)CCC(C(F)(F)F)(C(F)(F)F)CC2.CC1CCCC(C(F)(F)F)[C@@H]1C.C[C@@H]1CCCC(C(F)(F)F)C1.C[C@@H]1CCCCC1(C(F)(F)F)C(F)(F)F.C[C@H]1CC2CCC1(C)CC2. The molecule has 138 heavy (non-hydrogen) atoms. The monoisotopic (exact) mass is 2060 g/mol. The lowest BCUT2D eigenvalue weighted by Crippen LogP contribution is -2.55. The molecule has 0 heterocycles. The van der Waals surface area contributed by atoms with Gasteiger partial charge in [-0.05, 0) is 266 Å². The number of hydrogen-bond donors (Lipinski definition) is 0. The molecule has 0 amide bonds. The van der Waals surface area contributed by atoms with Gasteiger partial charge in [-0.15, -0.1) is 0 Å². The summed E-state index contributed by atoms with van der Waals surface area (Å²) >= 11 is 0. The zero-order valence-corrected chi connectivity index (χ0v) is 91.6. The molecular formula is C108H190F30. The fourth-order valence-electron chi connectivity index (χ4n) is 20.6. The second-order valence-electron chi connectivity index (χ2n) is 52.4. The Bertz CT molecular complexity index is 3250. The maximum atomic E-state index is 13.0. The van der Waals surface area contributed by atoms with Gasteiger partial charge in [-0.2, -0.15) is 132 Å². The third-order valence-electron chi connectivity index (χ3n) is 37.9. The smallest absolute Gasteiger partial charge is 0.171 e. The van der Waals surface area contributed by atoms with Gasteiger partial charge in [-0.1, -0.05) is 320 Å². The number of halogens is 30. The van der Waals surface area contributed by atoms with Crippen molar-refractivity contribution in [1.82, 2.24) is 0 Å². The molecule has 832 valence electrons. The molecule has 0 aromatic heterocycles. The maximum Gasteiger partial charge on any atom is 0.403 e. The van der Waals surface area contributed by atoms with E-state index in [2.05, 4.69) is 166 Å². The Labute approximate surface area is 816 Å². The van der Waals surface area contributed by atoms with Crippen LogP contribution in [0.15, 0.2) is 0 Å². The van der Waals surface area contributed by atoms with E-state index in [0.29, 0.717) is 82.9 Å². The highest BCUT2D eigenvalue weighted by Gasteiger charge is 2.74. The van der Waals surface area contributed by atoms with Crippen LogP contribution in [0.5, 0.6) is 0 Å². The molecule has 10 aliphatic rings. The Balaban J connectivity index is 0. The molecule has 3 unspecified atom stereocenters. The lowest BCUT2D eigenvalue weighted by molar-refractivity contribution is -0.364. The Morgan fingerprint density at radius 2 is 0.623 bits per heavy atom. The summed E-state index contributed by atoms with van der Waals surface area (Å²) in [4.78, 5) is 0. The number of alkyl halides is 30. The highest BCUT2D eigenvalue weighted by molar-refractivity contribution is 5.04. The average Bonchev–Trinajstić information content (AvgIpc) is 0.732. The topological polar surface area (TPSA) is 0 Å². The van der Waals surface area contributed by atoms with Gasteiger partial charge in [0.25, 0.3) is 0 Å². The predicted octanol–water partition coefficient (Wildman–Crippen LogP) is 43.9. The van der Waals surface area contributed by atoms with Gasteiger partial charge in [0, 0.05) is 0 Å². The Morgan fingerprint density at radius 1 is 0.268 bits per heavy atom. The molecule has 10 rings (SSSR count). The van der Waals surface area contributed by atoms with Crippen LogP contribution in [0, 0.1) is 165 Å². The third-order valence-corrected chi connectivity index (χ3v) is 37.9. The summed E-state index contributed by atoms with van der Waals surface area (Å²) < 4.78 is 377. The first-order valence-corrected chi connectivity index (χ1v) is 51.3. The fraction of sp³-hybridized carbons (Fsp3) is 1.00. The van der Waals surface area contributed by atoms with Gasteiger partial charge in [0.15, 0.2) is 16.2 Å². The van der Waals surface area contributed by atoms with Crippen LogP contribution in [0.2, 0.25) is 0 Å². The molecule has 0 radical (unpaired) electrons. The van der Waals surface area contributed by atoms with E-state index in [1.54, 1.807) is 27.7 Å². The molecular weight excluding hydrogens is 1870 g/mol. The normalized spacial score (nSPS) is 27.2. The molecule has 2 bridgehead atoms. The van der Waals surface area contributed by atoms with Crippen LogP contribution in [0.1, 0.15) is 462 Å². The summed E-state index contributed by atoms with van der Waals surface area (Å²) in [5.41, 5.74) is -10.4. The van der Waals surface area contributed by atoms with Crippen molar-refractivity contribution in [2.24, 2.45) is 165 Å². The zero-order valence-electron chi connectivity index (χ0n) is 91.6. The van der Waals surface area contributed by atoms with Crippen molar-refractivity contribution >= 4 is 0 Å². The average molecular weight is 2060 g/mol. The molecule has 8 atom stereocenters. The molecule has 0 nitrogen and oxygen atoms in total. The number of rotatable bonds is 3. The van der Waals surface area contributed by atoms with Gasteiger partial charge in [-0.25, -0.2) is 0 Å². The summed E-state index contributed by atoms with van der Waals surface area (Å²) in [6.45, 7) is 77.4. The summed E-state index contributed by atoms with van der Waals surface area (Å²) in [7, 11) is 0. The second kappa shape index (κ2) is 50.5. The standard InChI is InChI=1S/C14H20F6.C11H21F3.C11H24.C10H18.C10H22.2C9H12F6.C9H15F3.C9H20.2C8H13F3/c1-10-2-4-11(5-3-10)6-8-12(9-7-11,13(15,16)17)14(18,19)20;1-8(2,3)9(4,5)10(6,7)11(12,13)14;1-9(2,3)11(7,8)10(4,5)6;1-8-7-9-3-5-10(8,2)6-4-9;1-8(2)10(6,7)9(3,4)5;1-6-2-4-7(5-3-6,8(10,11)12)9(13,14)15;1-6-4-2-3-5-7(6,8(10,11)12)9(13,14)15;1-6-4-3-5-8(7(6)2)9(10,11)12;1-7(2)8(3)9(4,5)6;1-6-2-4-7(5-3-6)8(9,10)11;1-6-3-2-4-7(5-6)8(9,10)11/h10H,2-9H2,1H3;1-7H3;1-8H3;8-9H,3-7H2,1-2H3;8H,1-7H3;2*6H,2-5H2,1H3;6-8H,3-5H2,1-2H3;7-8H,1-6H3;2*6-7H,2-5H2,1H3/t;;;8-,9?,10?;;;6-;6?,7-,8?;8-;;6-,7?/m...0..111.1/s1. The minimum atomic E-state index is -5.20. The van der Waals surface area contributed by atoms with Gasteiger partial charge in [0.2, 0.25) is 0 Å². The van der Waals surface area contributed by atoms with Crippen molar-refractivity contribution in [3.8, 4) is 0 Å². The number of fused-ring (bicyclic) bond motifs is 3. The molecule has 10 fully saturated rings. The van der Waals surface area contributed by atoms with Gasteiger partial charge in [0.1, 0.15) is 0 Å². The van der Waals surface area contributed by atoms with Crippen molar-refractivity contribution < 1.29 is 132 Å². The van der Waals surface area contributed by atoms with Crippen molar-refractivity contribution in [3.05, 3.63) is 0 Å². The molecule has 0 aromatic carbocycles. The molecule has 10 saturated carbocycles. The van der Waals surface area contributed by atoms with Gasteiger partial charge < -0.3 is 0 Å². The van der Waals surface area contributed by atoms with E-state index in [9.17, 15) is 132 Å². The molecule has 0 aliphatic heterocycles. The van der Waals surface area contributed by atoms with Crippen LogP contribution in [0.4, 0.5) is 132 Å². The van der Waals surface area contributed by atoms with E-state index >= 15 is 0 Å². The zero-order chi connectivity index (χ0) is 110. The first-order valence-electron chi connectivity index (χ1n) is 51.3. The highest BCUT2D eigenvalue weighted by atomic mass is 19.5. The van der Waals surface area contributed by atoms with Gasteiger partial charge >= 0.3 is 61.8 Å². The van der Waals surface area contributed by atoms with Crippen LogP contribution in [-0.4, -0.2) is 61.8 Å². The van der Waals surface area contributed by atoms with Crippen LogP contribution < -0.4 is 0 Å². The fourth-order valence-corrected chi connectivity index (χ4v) is 20.6. The quantitative estimate of drug-likeness (QED) is 0.247. The lowest BCUT2D eigenvalue weighted by Gasteiger charge is -2.51. The largest absolute Gasteiger partial charge is 0.403 e. The van der Waals surface area contributed by atoms with E-state index in [0.717, 1.165) is 106 Å². The Hall–Kier alpha value is -2.10. The van der Waals surface area contributed by atoms with Gasteiger partial charge in [-0.3, -0.25) is 0 Å². The van der Waals surface area contributed by atoms with Crippen molar-refractivity contribution in [2.45, 2.75) is 523 Å². The van der Waals surface area contributed by atoms with Crippen molar-refractivity contribution in [3.63, 3.8) is 0 Å². The third kappa shape index (κ3) is 38.5. The number of hydrogen-bond acceptors (Lipinski definition) is 0. The molecule has 10 aliphatic carbocycles. The van der Waals surface area contributed by atoms with Crippen LogP contribution >= 0.6 is 0 Å². The van der Waals surface area contributed by atoms with Crippen LogP contribution in [0.3, 0.4) is 0 Å². The van der Waals surface area contributed by atoms with Crippen LogP contribution in [0.25, 0.3) is 0 Å². The minimum Gasteiger partial charge on any atom is -0.171 e. The molecule has 1 spiro atoms. The van der Waals surface area contributed by atoms with Crippen molar-refractivity contribution in [2.75, 3.05) is 0 Å². The second-order valence-corrected chi connectivity index (χ2v) is 52.4. The first kappa shape index (κ1) is 138. The summed E-state index contributed by atoms with van der Waals surface area (Å²) in [5, 5.41) is 0. The van der Waals surface area contributed by atoms with E-state index in [-0.39, 0.29) is 73.0 Å². The molecule has 0 saturated heterocycles. The Morgan fingerprint density at radius 3 is 0.848 bits per heavy atom. The summed E-state index contributed by atoms with van der Waals surface area (Å²) in [6, 6.07) is 0. The van der Waals surface area contributed by atoms with Gasteiger partial charge in [0.05, 0.1) is 23.2 Å². The van der Waals surface area contributed by atoms with Crippen molar-refractivity contribution in [1.29, 1.82) is 0 Å². The summed E-state index contributed by atoms with van der Waals surface area (Å²) in [5.74, 6) is 1.30. The first-order chi connectivity index (χ1) is 60.7. The summed E-state index contributed by atoms with van der Waals surface area (Å²) in [6.07, 6.45) is -33.3. The van der Waals surface area contributed by atoms with Crippen LogP contribution in [-0.2, 0) is 0 Å². The molecule has 0 aromatic rings. The molecule has 30 heteroatoms. The van der Waals surface area contributed by atoms with E-state index < -0.39 is 145 Å². The van der Waals surface area contributed by atoms with E-state index in [4.69, 9.17) is 0 Å². The van der Waals surface area contributed by atoms with E-state index in [1.165, 1.54) is 46.0 Å². The highest BCUT2D eigenvalue weighted by Crippen LogP contribution is 2.67. The van der Waals surface area contributed by atoms with E-state index in [1.807, 2.05) is 41.5 Å². The lowest BCUT2D eigenvalue weighted by atomic mass is 9.55. The molecule has 0 N–H and O–H groups in total. The minimum absolute atomic E-state index is 0.0106. The predicted molar refractivity (Wildman–Crippen MR) is 505 cm³/mol.